The SMILES string of the molecule is O=S(=O)(c1ccc(Cl)c(Cl)c1)N1CCN(Cc2nc(-c3ccccc3Cl)no2)CC1. The normalized spacial score (nSPS) is 16.1. The predicted molar refractivity (Wildman–Crippen MR) is 115 cm³/mol. The van der Waals surface area contributed by atoms with E-state index >= 15 is 0 Å². The number of hydrogen-bond donors (Lipinski definition) is 0. The molecule has 2 heterocycles. The lowest BCUT2D eigenvalue weighted by atomic mass is 10.2. The Hall–Kier alpha value is -1.68. The first-order valence-corrected chi connectivity index (χ1v) is 11.7. The van der Waals surface area contributed by atoms with Gasteiger partial charge in [-0.25, -0.2) is 8.42 Å². The van der Waals surface area contributed by atoms with Crippen molar-refractivity contribution in [2.45, 2.75) is 11.4 Å². The molecule has 0 amide bonds. The highest BCUT2D eigenvalue weighted by Gasteiger charge is 2.29. The molecule has 0 unspecified atom stereocenters. The molecule has 0 spiro atoms. The van der Waals surface area contributed by atoms with Crippen molar-refractivity contribution in [1.82, 2.24) is 19.3 Å². The Morgan fingerprint density at radius 2 is 1.67 bits per heavy atom. The molecule has 4 rings (SSSR count). The van der Waals surface area contributed by atoms with Crippen molar-refractivity contribution in [3.8, 4) is 11.4 Å². The van der Waals surface area contributed by atoms with E-state index in [2.05, 4.69) is 15.0 Å². The molecule has 0 atom stereocenters. The highest BCUT2D eigenvalue weighted by molar-refractivity contribution is 7.89. The Morgan fingerprint density at radius 3 is 2.37 bits per heavy atom. The molecule has 1 aliphatic rings. The van der Waals surface area contributed by atoms with Crippen molar-refractivity contribution in [2.24, 2.45) is 0 Å². The van der Waals surface area contributed by atoms with Gasteiger partial charge in [0.25, 0.3) is 0 Å². The molecule has 0 N–H and O–H groups in total. The van der Waals surface area contributed by atoms with E-state index < -0.39 is 10.0 Å². The molecule has 0 aliphatic carbocycles. The number of halogens is 3. The van der Waals surface area contributed by atoms with Crippen molar-refractivity contribution >= 4 is 44.8 Å². The van der Waals surface area contributed by atoms with E-state index in [1.54, 1.807) is 6.07 Å². The first kappa shape index (κ1) is 21.5. The van der Waals surface area contributed by atoms with Crippen LogP contribution < -0.4 is 0 Å². The average molecular weight is 488 g/mol. The fourth-order valence-corrected chi connectivity index (χ4v) is 5.21. The zero-order valence-electron chi connectivity index (χ0n) is 15.6. The summed E-state index contributed by atoms with van der Waals surface area (Å²) in [5.74, 6) is 0.877. The van der Waals surface area contributed by atoms with Crippen LogP contribution >= 0.6 is 34.8 Å². The van der Waals surface area contributed by atoms with Gasteiger partial charge in [-0.2, -0.15) is 9.29 Å². The van der Waals surface area contributed by atoms with Crippen LogP contribution in [0.1, 0.15) is 5.89 Å². The molecule has 30 heavy (non-hydrogen) atoms. The number of hydrogen-bond acceptors (Lipinski definition) is 6. The van der Waals surface area contributed by atoms with Crippen LogP contribution in [0.2, 0.25) is 15.1 Å². The van der Waals surface area contributed by atoms with E-state index in [-0.39, 0.29) is 9.92 Å². The minimum Gasteiger partial charge on any atom is -0.338 e. The molecule has 0 saturated carbocycles. The van der Waals surface area contributed by atoms with Crippen LogP contribution in [0.15, 0.2) is 51.9 Å². The number of rotatable bonds is 5. The van der Waals surface area contributed by atoms with Gasteiger partial charge in [-0.15, -0.1) is 0 Å². The third-order valence-corrected chi connectivity index (χ3v) is 7.77. The quantitative estimate of drug-likeness (QED) is 0.536. The van der Waals surface area contributed by atoms with Crippen molar-refractivity contribution in [2.75, 3.05) is 26.2 Å². The molecule has 1 fully saturated rings. The van der Waals surface area contributed by atoms with Crippen LogP contribution in [-0.4, -0.2) is 53.9 Å². The van der Waals surface area contributed by atoms with E-state index in [0.29, 0.717) is 60.0 Å². The summed E-state index contributed by atoms with van der Waals surface area (Å²) in [5, 5.41) is 5.07. The number of nitrogens with zero attached hydrogens (tertiary/aromatic N) is 4. The molecule has 1 aromatic heterocycles. The highest BCUT2D eigenvalue weighted by atomic mass is 35.5. The number of aromatic nitrogens is 2. The van der Waals surface area contributed by atoms with Gasteiger partial charge in [0.05, 0.1) is 26.5 Å². The monoisotopic (exact) mass is 486 g/mol. The third kappa shape index (κ3) is 4.49. The molecule has 7 nitrogen and oxygen atoms in total. The first-order valence-electron chi connectivity index (χ1n) is 9.09. The lowest BCUT2D eigenvalue weighted by Gasteiger charge is -2.33. The van der Waals surface area contributed by atoms with Crippen LogP contribution in [0, 0.1) is 0 Å². The van der Waals surface area contributed by atoms with Crippen molar-refractivity contribution in [1.29, 1.82) is 0 Å². The van der Waals surface area contributed by atoms with Gasteiger partial charge >= 0.3 is 0 Å². The lowest BCUT2D eigenvalue weighted by molar-refractivity contribution is 0.163. The van der Waals surface area contributed by atoms with Crippen LogP contribution in [0.4, 0.5) is 0 Å². The highest BCUT2D eigenvalue weighted by Crippen LogP contribution is 2.28. The van der Waals surface area contributed by atoms with Crippen LogP contribution in [0.25, 0.3) is 11.4 Å². The molecule has 0 radical (unpaired) electrons. The minimum atomic E-state index is -3.64. The van der Waals surface area contributed by atoms with E-state index in [0.717, 1.165) is 0 Å². The zero-order chi connectivity index (χ0) is 21.3. The third-order valence-electron chi connectivity index (χ3n) is 4.80. The summed E-state index contributed by atoms with van der Waals surface area (Å²) in [5.41, 5.74) is 0.701. The van der Waals surface area contributed by atoms with E-state index in [1.807, 2.05) is 18.2 Å². The first-order chi connectivity index (χ1) is 14.3. The summed E-state index contributed by atoms with van der Waals surface area (Å²) in [4.78, 5) is 6.60. The van der Waals surface area contributed by atoms with Gasteiger partial charge in [0.15, 0.2) is 0 Å². The fraction of sp³-hybridized carbons (Fsp3) is 0.263. The second kappa shape index (κ2) is 8.82. The minimum absolute atomic E-state index is 0.131. The van der Waals surface area contributed by atoms with Crippen LogP contribution in [-0.2, 0) is 16.6 Å². The molecule has 11 heteroatoms. The van der Waals surface area contributed by atoms with Gasteiger partial charge in [-0.05, 0) is 30.3 Å². The smallest absolute Gasteiger partial charge is 0.243 e. The maximum Gasteiger partial charge on any atom is 0.243 e. The van der Waals surface area contributed by atoms with E-state index in [1.165, 1.54) is 22.5 Å². The van der Waals surface area contributed by atoms with Crippen molar-refractivity contribution in [3.05, 3.63) is 63.4 Å². The molecule has 0 bridgehead atoms. The summed E-state index contributed by atoms with van der Waals surface area (Å²) in [7, 11) is -3.64. The number of benzene rings is 2. The summed E-state index contributed by atoms with van der Waals surface area (Å²) < 4.78 is 32.5. The predicted octanol–water partition coefficient (Wildman–Crippen LogP) is 4.20. The Balaban J connectivity index is 1.39. The zero-order valence-corrected chi connectivity index (χ0v) is 18.7. The topological polar surface area (TPSA) is 79.5 Å². The van der Waals surface area contributed by atoms with E-state index in [4.69, 9.17) is 39.3 Å². The second-order valence-corrected chi connectivity index (χ2v) is 9.91. The van der Waals surface area contributed by atoms with Gasteiger partial charge in [-0.3, -0.25) is 4.90 Å². The Morgan fingerprint density at radius 1 is 0.933 bits per heavy atom. The van der Waals surface area contributed by atoms with Gasteiger partial charge in [0, 0.05) is 31.7 Å². The van der Waals surface area contributed by atoms with E-state index in [9.17, 15) is 8.42 Å². The summed E-state index contributed by atoms with van der Waals surface area (Å²) in [6.07, 6.45) is 0. The van der Waals surface area contributed by atoms with Crippen LogP contribution in [0.5, 0.6) is 0 Å². The molecular weight excluding hydrogens is 471 g/mol. The second-order valence-electron chi connectivity index (χ2n) is 6.75. The maximum absolute atomic E-state index is 12.9. The molecular formula is C19H17Cl3N4O3S. The van der Waals surface area contributed by atoms with Crippen molar-refractivity contribution < 1.29 is 12.9 Å². The lowest BCUT2D eigenvalue weighted by Crippen LogP contribution is -2.48. The summed E-state index contributed by atoms with van der Waals surface area (Å²) in [6.45, 7) is 2.18. The maximum atomic E-state index is 12.9. The van der Waals surface area contributed by atoms with Crippen molar-refractivity contribution in [3.63, 3.8) is 0 Å². The molecule has 1 saturated heterocycles. The standard InChI is InChI=1S/C19H17Cl3N4O3S/c20-15-4-2-1-3-14(15)19-23-18(29-24-19)12-25-7-9-26(10-8-25)30(27,28)13-5-6-16(21)17(22)11-13/h1-6,11H,7-10,12H2. The van der Waals surface area contributed by atoms with Gasteiger partial charge in [-0.1, -0.05) is 52.1 Å². The largest absolute Gasteiger partial charge is 0.338 e. The summed E-state index contributed by atoms with van der Waals surface area (Å²) >= 11 is 18.0. The molecule has 2 aromatic carbocycles. The number of piperazine rings is 1. The van der Waals surface area contributed by atoms with Gasteiger partial charge < -0.3 is 4.52 Å². The summed E-state index contributed by atoms with van der Waals surface area (Å²) in [6, 6.07) is 11.6. The Bertz CT molecular complexity index is 1160. The Kier molecular flexibility index (Phi) is 6.34. The Labute approximate surface area is 189 Å². The average Bonchev–Trinajstić information content (AvgIpc) is 3.19. The van der Waals surface area contributed by atoms with Crippen LogP contribution in [0.3, 0.4) is 0 Å². The molecule has 3 aromatic rings. The molecule has 1 aliphatic heterocycles. The number of sulfonamides is 1. The van der Waals surface area contributed by atoms with Gasteiger partial charge in [0.2, 0.25) is 21.7 Å². The molecule has 158 valence electrons. The fourth-order valence-electron chi connectivity index (χ4n) is 3.18. The van der Waals surface area contributed by atoms with Gasteiger partial charge in [0.1, 0.15) is 0 Å².